The minimum atomic E-state index is 0.503. The molecule has 0 saturated carbocycles. The van der Waals surface area contributed by atoms with Crippen molar-refractivity contribution in [2.75, 3.05) is 12.4 Å². The summed E-state index contributed by atoms with van der Waals surface area (Å²) in [4.78, 5) is 8.70. The minimum Gasteiger partial charge on any atom is -0.497 e. The Morgan fingerprint density at radius 2 is 1.88 bits per heavy atom. The van der Waals surface area contributed by atoms with Crippen molar-refractivity contribution in [1.29, 1.82) is 0 Å². The molecule has 0 amide bonds. The van der Waals surface area contributed by atoms with Gasteiger partial charge >= 0.3 is 0 Å². The zero-order valence-electron chi connectivity index (χ0n) is 13.5. The van der Waals surface area contributed by atoms with Crippen LogP contribution >= 0.6 is 0 Å². The molecule has 3 aromatic heterocycles. The van der Waals surface area contributed by atoms with Crippen LogP contribution in [0.5, 0.6) is 5.75 Å². The molecule has 0 aliphatic heterocycles. The highest BCUT2D eigenvalue weighted by atomic mass is 16.5. The van der Waals surface area contributed by atoms with Crippen LogP contribution in [0.25, 0.3) is 17.2 Å². The molecule has 0 spiro atoms. The van der Waals surface area contributed by atoms with Crippen LogP contribution in [0.15, 0.2) is 71.6 Å². The second kappa shape index (κ2) is 6.48. The fraction of sp³-hybridized carbons (Fsp3) is 0.0556. The SMILES string of the molecule is COc1ccc(-c2cc(Nc3ccnc(-n4cccc4)n3)on2)cc1. The van der Waals surface area contributed by atoms with E-state index in [9.17, 15) is 0 Å². The lowest BCUT2D eigenvalue weighted by Crippen LogP contribution is -2.01. The number of anilines is 2. The molecule has 0 aliphatic rings. The lowest BCUT2D eigenvalue weighted by Gasteiger charge is -2.04. The molecule has 1 aromatic carbocycles. The quantitative estimate of drug-likeness (QED) is 0.600. The molecule has 3 heterocycles. The molecule has 0 fully saturated rings. The average molecular weight is 333 g/mol. The number of nitrogens with one attached hydrogen (secondary N) is 1. The van der Waals surface area contributed by atoms with Gasteiger partial charge in [-0.2, -0.15) is 4.98 Å². The Hall–Kier alpha value is -3.61. The summed E-state index contributed by atoms with van der Waals surface area (Å²) in [5, 5.41) is 7.18. The summed E-state index contributed by atoms with van der Waals surface area (Å²) in [6.07, 6.45) is 5.45. The molecule has 0 saturated heterocycles. The third-order valence-corrected chi connectivity index (χ3v) is 3.63. The van der Waals surface area contributed by atoms with E-state index in [4.69, 9.17) is 9.26 Å². The first-order valence-corrected chi connectivity index (χ1v) is 7.66. The summed E-state index contributed by atoms with van der Waals surface area (Å²) >= 11 is 0. The Balaban J connectivity index is 1.54. The fourth-order valence-electron chi connectivity index (χ4n) is 2.37. The maximum absolute atomic E-state index is 5.35. The molecule has 7 heteroatoms. The summed E-state index contributed by atoms with van der Waals surface area (Å²) in [6, 6.07) is 15.0. The van der Waals surface area contributed by atoms with Gasteiger partial charge in [0.1, 0.15) is 17.3 Å². The summed E-state index contributed by atoms with van der Waals surface area (Å²) in [5.41, 5.74) is 1.66. The van der Waals surface area contributed by atoms with Gasteiger partial charge in [0, 0.05) is 30.2 Å². The van der Waals surface area contributed by atoms with Crippen LogP contribution in [-0.4, -0.2) is 26.8 Å². The zero-order valence-corrected chi connectivity index (χ0v) is 13.5. The second-order valence-corrected chi connectivity index (χ2v) is 5.26. The Labute approximate surface area is 143 Å². The van der Waals surface area contributed by atoms with Gasteiger partial charge in [-0.05, 0) is 42.5 Å². The summed E-state index contributed by atoms with van der Waals surface area (Å²) in [6.45, 7) is 0. The first-order valence-electron chi connectivity index (χ1n) is 7.66. The van der Waals surface area contributed by atoms with E-state index in [-0.39, 0.29) is 0 Å². The van der Waals surface area contributed by atoms with E-state index in [0.717, 1.165) is 17.0 Å². The van der Waals surface area contributed by atoms with E-state index in [1.54, 1.807) is 19.4 Å². The van der Waals surface area contributed by atoms with E-state index in [0.29, 0.717) is 17.7 Å². The van der Waals surface area contributed by atoms with Crippen LogP contribution < -0.4 is 10.1 Å². The average Bonchev–Trinajstić information content (AvgIpc) is 3.34. The van der Waals surface area contributed by atoms with Gasteiger partial charge in [0.15, 0.2) is 0 Å². The highest BCUT2D eigenvalue weighted by Gasteiger charge is 2.08. The third kappa shape index (κ3) is 3.20. The van der Waals surface area contributed by atoms with Crippen molar-refractivity contribution in [2.24, 2.45) is 0 Å². The second-order valence-electron chi connectivity index (χ2n) is 5.26. The van der Waals surface area contributed by atoms with Gasteiger partial charge in [0.2, 0.25) is 11.8 Å². The van der Waals surface area contributed by atoms with Gasteiger partial charge in [0.25, 0.3) is 0 Å². The molecule has 7 nitrogen and oxygen atoms in total. The number of rotatable bonds is 5. The molecule has 0 radical (unpaired) electrons. The predicted octanol–water partition coefficient (Wildman–Crippen LogP) is 3.67. The summed E-state index contributed by atoms with van der Waals surface area (Å²) < 4.78 is 12.3. The number of aromatic nitrogens is 4. The molecule has 0 atom stereocenters. The van der Waals surface area contributed by atoms with Crippen molar-refractivity contribution in [3.63, 3.8) is 0 Å². The normalized spacial score (nSPS) is 10.6. The Kier molecular flexibility index (Phi) is 3.88. The van der Waals surface area contributed by atoms with Gasteiger partial charge in [-0.3, -0.25) is 4.57 Å². The first-order chi connectivity index (χ1) is 12.3. The molecule has 0 bridgehead atoms. The van der Waals surface area contributed by atoms with Gasteiger partial charge in [0.05, 0.1) is 7.11 Å². The Morgan fingerprint density at radius 1 is 1.08 bits per heavy atom. The molecule has 25 heavy (non-hydrogen) atoms. The minimum absolute atomic E-state index is 0.503. The van der Waals surface area contributed by atoms with E-state index < -0.39 is 0 Å². The predicted molar refractivity (Wildman–Crippen MR) is 93.1 cm³/mol. The molecule has 0 unspecified atom stereocenters. The van der Waals surface area contributed by atoms with Crippen molar-refractivity contribution in [3.05, 3.63) is 67.1 Å². The molecule has 124 valence electrons. The van der Waals surface area contributed by atoms with E-state index in [1.165, 1.54) is 0 Å². The molecule has 1 N–H and O–H groups in total. The number of nitrogens with zero attached hydrogens (tertiary/aromatic N) is 4. The monoisotopic (exact) mass is 333 g/mol. The molecule has 0 aliphatic carbocycles. The topological polar surface area (TPSA) is 78.0 Å². The van der Waals surface area contributed by atoms with Crippen molar-refractivity contribution < 1.29 is 9.26 Å². The molecule has 4 rings (SSSR count). The number of hydrogen-bond donors (Lipinski definition) is 1. The van der Waals surface area contributed by atoms with Gasteiger partial charge in [-0.1, -0.05) is 5.16 Å². The molecule has 4 aromatic rings. The van der Waals surface area contributed by atoms with Crippen LogP contribution in [0, 0.1) is 0 Å². The largest absolute Gasteiger partial charge is 0.497 e. The van der Waals surface area contributed by atoms with Crippen LogP contribution in [-0.2, 0) is 0 Å². The molecular weight excluding hydrogens is 318 g/mol. The van der Waals surface area contributed by atoms with Gasteiger partial charge in [-0.15, -0.1) is 0 Å². The van der Waals surface area contributed by atoms with E-state index in [2.05, 4.69) is 20.4 Å². The van der Waals surface area contributed by atoms with E-state index in [1.807, 2.05) is 59.4 Å². The van der Waals surface area contributed by atoms with Gasteiger partial charge in [-0.25, -0.2) is 4.98 Å². The van der Waals surface area contributed by atoms with Crippen molar-refractivity contribution >= 4 is 11.7 Å². The zero-order chi connectivity index (χ0) is 17.1. The first kappa shape index (κ1) is 14.9. The molecular formula is C18H15N5O2. The van der Waals surface area contributed by atoms with Crippen LogP contribution in [0.1, 0.15) is 0 Å². The maximum Gasteiger partial charge on any atom is 0.235 e. The summed E-state index contributed by atoms with van der Waals surface area (Å²) in [5.74, 6) is 2.49. The van der Waals surface area contributed by atoms with Gasteiger partial charge < -0.3 is 14.6 Å². The van der Waals surface area contributed by atoms with Crippen LogP contribution in [0.3, 0.4) is 0 Å². The highest BCUT2D eigenvalue weighted by Crippen LogP contribution is 2.25. The maximum atomic E-state index is 5.35. The lowest BCUT2D eigenvalue weighted by molar-refractivity contribution is 0.415. The number of ether oxygens (including phenoxy) is 1. The standard InChI is InChI=1S/C18H15N5O2/c1-24-14-6-4-13(5-7-14)15-12-17(25-22-15)20-16-8-9-19-18(21-16)23-10-2-3-11-23/h2-12H,1H3,(H,19,20,21). The number of methoxy groups -OCH3 is 1. The highest BCUT2D eigenvalue weighted by molar-refractivity contribution is 5.64. The number of benzene rings is 1. The van der Waals surface area contributed by atoms with Crippen LogP contribution in [0.2, 0.25) is 0 Å². The summed E-state index contributed by atoms with van der Waals surface area (Å²) in [7, 11) is 1.64. The van der Waals surface area contributed by atoms with Crippen molar-refractivity contribution in [3.8, 4) is 23.0 Å². The van der Waals surface area contributed by atoms with Crippen LogP contribution in [0.4, 0.5) is 11.7 Å². The Bertz CT molecular complexity index is 961. The van der Waals surface area contributed by atoms with E-state index >= 15 is 0 Å². The fourth-order valence-corrected chi connectivity index (χ4v) is 2.37. The van der Waals surface area contributed by atoms with Crippen molar-refractivity contribution in [2.45, 2.75) is 0 Å². The lowest BCUT2D eigenvalue weighted by atomic mass is 10.1. The Morgan fingerprint density at radius 3 is 2.64 bits per heavy atom. The van der Waals surface area contributed by atoms with Crippen molar-refractivity contribution in [1.82, 2.24) is 19.7 Å². The number of hydrogen-bond acceptors (Lipinski definition) is 6. The smallest absolute Gasteiger partial charge is 0.235 e. The third-order valence-electron chi connectivity index (χ3n) is 3.63.